The van der Waals surface area contributed by atoms with E-state index in [0.29, 0.717) is 31.1 Å². The first kappa shape index (κ1) is 23.6. The Labute approximate surface area is 204 Å². The Hall–Kier alpha value is -3.18. The average molecular weight is 501 g/mol. The first-order chi connectivity index (χ1) is 16.9. The Morgan fingerprint density at radius 3 is 2.83 bits per heavy atom. The maximum atomic E-state index is 15.0. The van der Waals surface area contributed by atoms with Crippen molar-refractivity contribution in [3.05, 3.63) is 45.4 Å². The van der Waals surface area contributed by atoms with Crippen molar-refractivity contribution in [3.63, 3.8) is 0 Å². The Balaban J connectivity index is 1.36. The summed E-state index contributed by atoms with van der Waals surface area (Å²) in [6, 6.07) is 1.02. The van der Waals surface area contributed by atoms with Crippen LogP contribution in [0.2, 0.25) is 0 Å². The summed E-state index contributed by atoms with van der Waals surface area (Å²) >= 11 is 1.23. The summed E-state index contributed by atoms with van der Waals surface area (Å²) in [5, 5.41) is 11.4. The van der Waals surface area contributed by atoms with Crippen molar-refractivity contribution in [2.45, 2.75) is 44.6 Å². The van der Waals surface area contributed by atoms with Gasteiger partial charge in [0, 0.05) is 43.9 Å². The first-order valence-corrected chi connectivity index (χ1v) is 12.6. The van der Waals surface area contributed by atoms with Crippen molar-refractivity contribution in [1.82, 2.24) is 14.5 Å². The topological polar surface area (TPSA) is 115 Å². The molecule has 0 bridgehead atoms. The summed E-state index contributed by atoms with van der Waals surface area (Å²) in [6.07, 6.45) is 8.35. The lowest BCUT2D eigenvalue weighted by atomic mass is 9.91. The van der Waals surface area contributed by atoms with E-state index >= 15 is 4.39 Å². The van der Waals surface area contributed by atoms with Crippen LogP contribution in [0.4, 0.5) is 10.2 Å². The average Bonchev–Trinajstić information content (AvgIpc) is 3.21. The highest BCUT2D eigenvalue weighted by Gasteiger charge is 2.35. The van der Waals surface area contributed by atoms with Gasteiger partial charge in [0.15, 0.2) is 22.4 Å². The van der Waals surface area contributed by atoms with Crippen LogP contribution in [0.3, 0.4) is 0 Å². The molecule has 0 spiro atoms. The molecule has 5 heterocycles. The van der Waals surface area contributed by atoms with Gasteiger partial charge in [-0.15, -0.1) is 11.3 Å². The number of halogens is 1. The number of hydrogen-bond acceptors (Lipinski definition) is 8. The van der Waals surface area contributed by atoms with Crippen LogP contribution in [-0.2, 0) is 9.53 Å². The van der Waals surface area contributed by atoms with Crippen LogP contribution in [0, 0.1) is 11.7 Å². The predicted octanol–water partition coefficient (Wildman–Crippen LogP) is 3.42. The van der Waals surface area contributed by atoms with Gasteiger partial charge in [0.25, 0.3) is 0 Å². The van der Waals surface area contributed by atoms with Crippen LogP contribution in [-0.4, -0.2) is 57.2 Å². The number of Topliss-reactive ketones (excluding diaryl/α,β-unsaturated/α-hetero) is 1. The summed E-state index contributed by atoms with van der Waals surface area (Å²) in [7, 11) is 0. The molecule has 0 aromatic carbocycles. The van der Waals surface area contributed by atoms with Crippen LogP contribution >= 0.6 is 11.3 Å². The number of carboxylic acids is 1. The fourth-order valence-corrected chi connectivity index (χ4v) is 5.26. The van der Waals surface area contributed by atoms with Gasteiger partial charge in [-0.1, -0.05) is 12.8 Å². The molecule has 9 nitrogen and oxygen atoms in total. The molecule has 3 aromatic rings. The molecule has 11 heteroatoms. The standard InChI is InChI=1S/C24H25FN4O5S/c25-18-10-16-20(31)17(23(32)33)13-29(24-26-7-9-35-24)21(16)27-22(18)28-11-14(12-28)19(30)6-5-15-4-2-1-3-8-34-15/h7,9-10,13-15H,1-6,8,11-12H2,(H,32,33). The maximum absolute atomic E-state index is 15.0. The highest BCUT2D eigenvalue weighted by atomic mass is 32.1. The summed E-state index contributed by atoms with van der Waals surface area (Å²) in [5.41, 5.74) is -1.18. The lowest BCUT2D eigenvalue weighted by Crippen LogP contribution is -2.51. The molecule has 35 heavy (non-hydrogen) atoms. The SMILES string of the molecule is O=C(O)c1cn(-c2nccs2)c2nc(N3CC(C(=O)CCC4CCCCCO4)C3)c(F)cc2c1=O. The maximum Gasteiger partial charge on any atom is 0.341 e. The third-order valence-electron chi connectivity index (χ3n) is 6.64. The van der Waals surface area contributed by atoms with Crippen molar-refractivity contribution >= 4 is 39.9 Å². The highest BCUT2D eigenvalue weighted by Crippen LogP contribution is 2.30. The largest absolute Gasteiger partial charge is 0.477 e. The van der Waals surface area contributed by atoms with Gasteiger partial charge in [-0.2, -0.15) is 0 Å². The quantitative estimate of drug-likeness (QED) is 0.525. The molecular formula is C24H25FN4O5S. The van der Waals surface area contributed by atoms with Crippen molar-refractivity contribution in [1.29, 1.82) is 0 Å². The number of thiazole rings is 1. The van der Waals surface area contributed by atoms with E-state index in [-0.39, 0.29) is 34.7 Å². The van der Waals surface area contributed by atoms with E-state index < -0.39 is 22.8 Å². The van der Waals surface area contributed by atoms with E-state index in [1.54, 1.807) is 16.5 Å². The van der Waals surface area contributed by atoms with E-state index in [1.807, 2.05) is 0 Å². The van der Waals surface area contributed by atoms with Crippen LogP contribution in [0.1, 0.15) is 48.9 Å². The van der Waals surface area contributed by atoms with E-state index in [9.17, 15) is 19.5 Å². The number of aromatic carboxylic acids is 1. The number of carboxylic acid groups (broad SMARTS) is 1. The number of fused-ring (bicyclic) bond motifs is 1. The second-order valence-corrected chi connectivity index (χ2v) is 9.85. The summed E-state index contributed by atoms with van der Waals surface area (Å²) in [6.45, 7) is 1.44. The molecule has 5 rings (SSSR count). The molecule has 0 saturated carbocycles. The molecule has 0 aliphatic carbocycles. The van der Waals surface area contributed by atoms with Gasteiger partial charge in [-0.25, -0.2) is 19.2 Å². The molecule has 0 amide bonds. The van der Waals surface area contributed by atoms with Crippen molar-refractivity contribution < 1.29 is 23.8 Å². The number of rotatable bonds is 7. The smallest absolute Gasteiger partial charge is 0.341 e. The number of ether oxygens (including phenoxy) is 1. The highest BCUT2D eigenvalue weighted by molar-refractivity contribution is 7.12. The molecule has 184 valence electrons. The number of pyridine rings is 2. The zero-order valence-corrected chi connectivity index (χ0v) is 19.8. The number of hydrogen-bond donors (Lipinski definition) is 1. The van der Waals surface area contributed by atoms with E-state index in [2.05, 4.69) is 9.97 Å². The number of carbonyl (C=O) groups excluding carboxylic acids is 1. The van der Waals surface area contributed by atoms with Gasteiger partial charge in [-0.3, -0.25) is 14.2 Å². The molecule has 2 fully saturated rings. The van der Waals surface area contributed by atoms with Gasteiger partial charge >= 0.3 is 5.97 Å². The normalized spacial score (nSPS) is 18.9. The minimum atomic E-state index is -1.41. The van der Waals surface area contributed by atoms with Crippen LogP contribution < -0.4 is 10.3 Å². The summed E-state index contributed by atoms with van der Waals surface area (Å²) in [4.78, 5) is 47.2. The molecule has 1 atom stereocenters. The molecular weight excluding hydrogens is 475 g/mol. The van der Waals surface area contributed by atoms with Crippen LogP contribution in [0.5, 0.6) is 0 Å². The van der Waals surface area contributed by atoms with E-state index in [0.717, 1.165) is 31.9 Å². The molecule has 0 radical (unpaired) electrons. The van der Waals surface area contributed by atoms with Gasteiger partial charge in [0.2, 0.25) is 5.43 Å². The van der Waals surface area contributed by atoms with Crippen LogP contribution in [0.15, 0.2) is 28.6 Å². The molecule has 3 aromatic heterocycles. The number of nitrogens with zero attached hydrogens (tertiary/aromatic N) is 4. The number of aromatic nitrogens is 3. The lowest BCUT2D eigenvalue weighted by molar-refractivity contribution is -0.124. The van der Waals surface area contributed by atoms with Gasteiger partial charge in [0.1, 0.15) is 11.3 Å². The third-order valence-corrected chi connectivity index (χ3v) is 7.41. The van der Waals surface area contributed by atoms with Crippen molar-refractivity contribution in [2.75, 3.05) is 24.6 Å². The molecule has 2 aliphatic heterocycles. The minimum absolute atomic E-state index is 0.0291. The summed E-state index contributed by atoms with van der Waals surface area (Å²) in [5.74, 6) is -2.18. The van der Waals surface area contributed by atoms with E-state index in [4.69, 9.17) is 4.74 Å². The minimum Gasteiger partial charge on any atom is -0.477 e. The number of ketones is 1. The zero-order valence-electron chi connectivity index (χ0n) is 19.0. The van der Waals surface area contributed by atoms with Gasteiger partial charge < -0.3 is 14.7 Å². The third kappa shape index (κ3) is 4.70. The number of carbonyl (C=O) groups is 2. The van der Waals surface area contributed by atoms with E-state index in [1.165, 1.54) is 28.5 Å². The Kier molecular flexibility index (Phi) is 6.61. The molecule has 2 saturated heterocycles. The van der Waals surface area contributed by atoms with Gasteiger partial charge in [0.05, 0.1) is 17.4 Å². The molecule has 2 aliphatic rings. The first-order valence-electron chi connectivity index (χ1n) is 11.7. The zero-order chi connectivity index (χ0) is 24.5. The van der Waals surface area contributed by atoms with Crippen LogP contribution in [0.25, 0.3) is 16.2 Å². The lowest BCUT2D eigenvalue weighted by Gasteiger charge is -2.39. The number of anilines is 1. The van der Waals surface area contributed by atoms with Crippen molar-refractivity contribution in [2.24, 2.45) is 5.92 Å². The Morgan fingerprint density at radius 1 is 1.26 bits per heavy atom. The monoisotopic (exact) mass is 500 g/mol. The van der Waals surface area contributed by atoms with Gasteiger partial charge in [-0.05, 0) is 25.3 Å². The second kappa shape index (κ2) is 9.82. The Morgan fingerprint density at radius 2 is 2.09 bits per heavy atom. The van der Waals surface area contributed by atoms with Crippen molar-refractivity contribution in [3.8, 4) is 5.13 Å². The second-order valence-electron chi connectivity index (χ2n) is 8.98. The molecule has 1 N–H and O–H groups in total. The summed E-state index contributed by atoms with van der Waals surface area (Å²) < 4.78 is 22.2. The molecule has 1 unspecified atom stereocenters. The Bertz CT molecular complexity index is 1310. The fourth-order valence-electron chi connectivity index (χ4n) is 4.64. The fraction of sp³-hybridized carbons (Fsp3) is 0.458. The predicted molar refractivity (Wildman–Crippen MR) is 128 cm³/mol.